The van der Waals surface area contributed by atoms with Gasteiger partial charge in [0.15, 0.2) is 11.5 Å². The number of para-hydroxylation sites is 1. The zero-order valence-electron chi connectivity index (χ0n) is 17.3. The smallest absolute Gasteiger partial charge is 0.266 e. The molecule has 0 atom stereocenters. The zero-order chi connectivity index (χ0) is 22.9. The summed E-state index contributed by atoms with van der Waals surface area (Å²) in [5, 5.41) is 12.4. The number of nitriles is 1. The third-order valence-electron chi connectivity index (χ3n) is 4.36. The summed E-state index contributed by atoms with van der Waals surface area (Å²) in [5.74, 6) is 0.737. The summed E-state index contributed by atoms with van der Waals surface area (Å²) >= 11 is 4.31. The van der Waals surface area contributed by atoms with E-state index in [4.69, 9.17) is 9.47 Å². The molecule has 3 aromatic carbocycles. The molecule has 1 amide bonds. The summed E-state index contributed by atoms with van der Waals surface area (Å²) in [7, 11) is 0. The zero-order valence-corrected chi connectivity index (χ0v) is 21.6. The van der Waals surface area contributed by atoms with Crippen LogP contribution in [-0.2, 0) is 11.4 Å². The Bertz CT molecular complexity index is 1170. The lowest BCUT2D eigenvalue weighted by molar-refractivity contribution is -0.112. The van der Waals surface area contributed by atoms with E-state index < -0.39 is 5.91 Å². The van der Waals surface area contributed by atoms with Crippen LogP contribution in [0.15, 0.2) is 72.3 Å². The van der Waals surface area contributed by atoms with Gasteiger partial charge in [0.05, 0.1) is 15.9 Å². The third-order valence-corrected chi connectivity index (χ3v) is 6.10. The molecular weight excluding hydrogens is 630 g/mol. The number of anilines is 1. The molecule has 0 fully saturated rings. The highest BCUT2D eigenvalue weighted by Crippen LogP contribution is 2.35. The van der Waals surface area contributed by atoms with Gasteiger partial charge in [0, 0.05) is 3.57 Å². The molecule has 0 radical (unpaired) electrons. The largest absolute Gasteiger partial charge is 0.490 e. The van der Waals surface area contributed by atoms with Crippen LogP contribution in [0.4, 0.5) is 5.69 Å². The van der Waals surface area contributed by atoms with Crippen molar-refractivity contribution >= 4 is 62.9 Å². The first kappa shape index (κ1) is 24.1. The number of benzene rings is 3. The highest BCUT2D eigenvalue weighted by atomic mass is 127. The molecule has 7 heteroatoms. The van der Waals surface area contributed by atoms with Crippen molar-refractivity contribution in [3.8, 4) is 17.6 Å². The molecule has 0 bridgehead atoms. The van der Waals surface area contributed by atoms with Gasteiger partial charge in [-0.1, -0.05) is 42.5 Å². The van der Waals surface area contributed by atoms with E-state index in [9.17, 15) is 10.1 Å². The Morgan fingerprint density at radius 2 is 1.75 bits per heavy atom. The number of carbonyl (C=O) groups is 1. The van der Waals surface area contributed by atoms with Gasteiger partial charge < -0.3 is 14.8 Å². The number of hydrogen-bond acceptors (Lipinski definition) is 4. The van der Waals surface area contributed by atoms with E-state index in [0.717, 1.165) is 12.7 Å². The third kappa shape index (κ3) is 6.46. The van der Waals surface area contributed by atoms with E-state index in [-0.39, 0.29) is 5.57 Å². The summed E-state index contributed by atoms with van der Waals surface area (Å²) < 4.78 is 13.5. The van der Waals surface area contributed by atoms with Crippen LogP contribution in [0.2, 0.25) is 0 Å². The molecule has 3 rings (SSSR count). The number of nitrogens with one attached hydrogen (secondary N) is 1. The lowest BCUT2D eigenvalue weighted by atomic mass is 10.1. The molecule has 3 aromatic rings. The second-order valence-electron chi connectivity index (χ2n) is 6.64. The standard InChI is InChI=1S/C25H20I2N2O3/c1-2-31-23-14-18(13-21(27)24(23)32-16-17-8-4-3-5-9-17)12-19(15-28)25(30)29-22-11-7-6-10-20(22)26/h3-14H,2,16H2,1H3,(H,29,30)/b19-12-. The van der Waals surface area contributed by atoms with Gasteiger partial charge >= 0.3 is 0 Å². The Kier molecular flexibility index (Phi) is 8.93. The fourth-order valence-corrected chi connectivity index (χ4v) is 4.17. The maximum Gasteiger partial charge on any atom is 0.266 e. The predicted octanol–water partition coefficient (Wildman–Crippen LogP) is 6.42. The molecular formula is C25H20I2N2O3. The summed E-state index contributed by atoms with van der Waals surface area (Å²) in [4.78, 5) is 12.7. The molecule has 162 valence electrons. The molecule has 0 aliphatic heterocycles. The summed E-state index contributed by atoms with van der Waals surface area (Å²) in [6.07, 6.45) is 1.55. The van der Waals surface area contributed by atoms with Crippen molar-refractivity contribution in [2.45, 2.75) is 13.5 Å². The Morgan fingerprint density at radius 3 is 2.44 bits per heavy atom. The Morgan fingerprint density at radius 1 is 1.03 bits per heavy atom. The van der Waals surface area contributed by atoms with Crippen LogP contribution in [0.1, 0.15) is 18.1 Å². The number of ether oxygens (including phenoxy) is 2. The average Bonchev–Trinajstić information content (AvgIpc) is 2.79. The molecule has 5 nitrogen and oxygen atoms in total. The lowest BCUT2D eigenvalue weighted by Gasteiger charge is -2.15. The average molecular weight is 650 g/mol. The van der Waals surface area contributed by atoms with Crippen LogP contribution in [-0.4, -0.2) is 12.5 Å². The lowest BCUT2D eigenvalue weighted by Crippen LogP contribution is -2.14. The minimum absolute atomic E-state index is 0.000792. The van der Waals surface area contributed by atoms with Gasteiger partial charge in [-0.15, -0.1) is 0 Å². The van der Waals surface area contributed by atoms with Gasteiger partial charge in [-0.3, -0.25) is 4.79 Å². The fraction of sp³-hybridized carbons (Fsp3) is 0.120. The second-order valence-corrected chi connectivity index (χ2v) is 8.97. The summed E-state index contributed by atoms with van der Waals surface area (Å²) in [6.45, 7) is 2.77. The maximum absolute atomic E-state index is 12.7. The van der Waals surface area contributed by atoms with E-state index in [0.29, 0.717) is 36.0 Å². The highest BCUT2D eigenvalue weighted by Gasteiger charge is 2.15. The van der Waals surface area contributed by atoms with Crippen LogP contribution in [0.3, 0.4) is 0 Å². The monoisotopic (exact) mass is 650 g/mol. The molecule has 0 heterocycles. The summed E-state index contributed by atoms with van der Waals surface area (Å²) in [5.41, 5.74) is 2.39. The first-order valence-electron chi connectivity index (χ1n) is 9.82. The molecule has 0 aliphatic rings. The number of nitrogens with zero attached hydrogens (tertiary/aromatic N) is 1. The Hall–Kier alpha value is -2.58. The van der Waals surface area contributed by atoms with Crippen molar-refractivity contribution in [1.82, 2.24) is 0 Å². The first-order valence-corrected chi connectivity index (χ1v) is 12.0. The Balaban J connectivity index is 1.86. The quantitative estimate of drug-likeness (QED) is 0.174. The molecule has 0 aromatic heterocycles. The van der Waals surface area contributed by atoms with E-state index in [1.165, 1.54) is 0 Å². The van der Waals surface area contributed by atoms with Gasteiger partial charge in [-0.25, -0.2) is 0 Å². The number of amides is 1. The minimum Gasteiger partial charge on any atom is -0.490 e. The summed E-state index contributed by atoms with van der Waals surface area (Å²) in [6, 6.07) is 22.9. The normalized spacial score (nSPS) is 10.9. The van der Waals surface area contributed by atoms with Crippen LogP contribution in [0, 0.1) is 18.5 Å². The van der Waals surface area contributed by atoms with Crippen LogP contribution in [0.25, 0.3) is 6.08 Å². The molecule has 32 heavy (non-hydrogen) atoms. The molecule has 1 N–H and O–H groups in total. The topological polar surface area (TPSA) is 71.3 Å². The molecule has 0 spiro atoms. The van der Waals surface area contributed by atoms with E-state index in [2.05, 4.69) is 50.5 Å². The van der Waals surface area contributed by atoms with Crippen molar-refractivity contribution in [2.24, 2.45) is 0 Å². The van der Waals surface area contributed by atoms with E-state index in [1.807, 2.05) is 67.6 Å². The van der Waals surface area contributed by atoms with Crippen molar-refractivity contribution in [2.75, 3.05) is 11.9 Å². The van der Waals surface area contributed by atoms with E-state index >= 15 is 0 Å². The van der Waals surface area contributed by atoms with Crippen LogP contribution >= 0.6 is 45.2 Å². The minimum atomic E-state index is -0.464. The molecule has 0 unspecified atom stereocenters. The molecule has 0 saturated heterocycles. The van der Waals surface area contributed by atoms with Crippen molar-refractivity contribution in [3.05, 3.63) is 90.6 Å². The van der Waals surface area contributed by atoms with Gasteiger partial charge in [-0.2, -0.15) is 5.26 Å². The van der Waals surface area contributed by atoms with Crippen molar-refractivity contribution in [3.63, 3.8) is 0 Å². The maximum atomic E-state index is 12.7. The highest BCUT2D eigenvalue weighted by molar-refractivity contribution is 14.1. The number of rotatable bonds is 8. The van der Waals surface area contributed by atoms with Crippen molar-refractivity contribution < 1.29 is 14.3 Å². The van der Waals surface area contributed by atoms with Gasteiger partial charge in [0.25, 0.3) is 5.91 Å². The fourth-order valence-electron chi connectivity index (χ4n) is 2.87. The van der Waals surface area contributed by atoms with Crippen LogP contribution < -0.4 is 14.8 Å². The van der Waals surface area contributed by atoms with Gasteiger partial charge in [-0.05, 0) is 93.6 Å². The number of hydrogen-bond donors (Lipinski definition) is 1. The van der Waals surface area contributed by atoms with Gasteiger partial charge in [0.1, 0.15) is 18.2 Å². The van der Waals surface area contributed by atoms with E-state index in [1.54, 1.807) is 18.2 Å². The Labute approximate surface area is 214 Å². The molecule has 0 aliphatic carbocycles. The number of halogens is 2. The van der Waals surface area contributed by atoms with Crippen molar-refractivity contribution in [1.29, 1.82) is 5.26 Å². The molecule has 0 saturated carbocycles. The van der Waals surface area contributed by atoms with Gasteiger partial charge in [0.2, 0.25) is 0 Å². The predicted molar refractivity (Wildman–Crippen MR) is 142 cm³/mol. The second kappa shape index (κ2) is 11.9. The SMILES string of the molecule is CCOc1cc(/C=C(/C#N)C(=O)Nc2ccccc2I)cc(I)c1OCc1ccccc1. The van der Waals surface area contributed by atoms with Crippen LogP contribution in [0.5, 0.6) is 11.5 Å². The first-order chi connectivity index (χ1) is 15.5. The number of carbonyl (C=O) groups excluding carboxylic acids is 1.